The van der Waals surface area contributed by atoms with Crippen molar-refractivity contribution in [1.29, 1.82) is 0 Å². The third-order valence-corrected chi connectivity index (χ3v) is 7.11. The molecule has 0 spiro atoms. The van der Waals surface area contributed by atoms with Crippen molar-refractivity contribution in [3.05, 3.63) is 53.9 Å². The number of fused-ring (bicyclic) bond motifs is 1. The summed E-state index contributed by atoms with van der Waals surface area (Å²) >= 11 is 0. The van der Waals surface area contributed by atoms with E-state index in [1.807, 2.05) is 45.0 Å². The summed E-state index contributed by atoms with van der Waals surface area (Å²) in [7, 11) is 1.81. The van der Waals surface area contributed by atoms with E-state index in [1.165, 1.54) is 37.7 Å². The Hall–Kier alpha value is -3.02. The molecule has 3 aromatic rings. The minimum Gasteiger partial charge on any atom is -0.494 e. The number of imidazole rings is 1. The number of hydrogen-bond acceptors (Lipinski definition) is 3. The number of urea groups is 1. The lowest BCUT2D eigenvalue weighted by Gasteiger charge is -2.24. The zero-order valence-corrected chi connectivity index (χ0v) is 21.9. The Bertz CT molecular complexity index is 1130. The Morgan fingerprint density at radius 3 is 2.49 bits per heavy atom. The van der Waals surface area contributed by atoms with Crippen molar-refractivity contribution in [3.63, 3.8) is 0 Å². The van der Waals surface area contributed by atoms with Gasteiger partial charge in [-0.1, -0.05) is 38.3 Å². The first-order valence-corrected chi connectivity index (χ1v) is 13.1. The second kappa shape index (κ2) is 11.1. The van der Waals surface area contributed by atoms with Gasteiger partial charge in [-0.15, -0.1) is 0 Å². The molecule has 1 fully saturated rings. The fourth-order valence-corrected chi connectivity index (χ4v) is 5.13. The summed E-state index contributed by atoms with van der Waals surface area (Å²) in [6.07, 6.45) is 6.56. The highest BCUT2D eigenvalue weighted by Crippen LogP contribution is 2.33. The molecular formula is C29H40N4O2. The van der Waals surface area contributed by atoms with E-state index in [1.54, 1.807) is 11.9 Å². The molecular weight excluding hydrogens is 436 g/mol. The molecule has 0 saturated heterocycles. The Morgan fingerprint density at radius 1 is 1.11 bits per heavy atom. The summed E-state index contributed by atoms with van der Waals surface area (Å²) in [4.78, 5) is 19.4. The molecule has 1 N–H and O–H groups in total. The molecule has 1 heterocycles. The van der Waals surface area contributed by atoms with Crippen molar-refractivity contribution in [2.45, 2.75) is 78.3 Å². The van der Waals surface area contributed by atoms with Gasteiger partial charge in [0.2, 0.25) is 0 Å². The summed E-state index contributed by atoms with van der Waals surface area (Å²) in [5.74, 6) is 2.81. The average Bonchev–Trinajstić information content (AvgIpc) is 3.21. The molecule has 2 amide bonds. The SMILES string of the molecule is CCOc1ccc(C(C)c2nc3cc(N(C)C(=O)NC(C)C)ccc3n2CC2CCCCC2)cc1. The number of rotatable bonds is 8. The maximum Gasteiger partial charge on any atom is 0.321 e. The first-order valence-electron chi connectivity index (χ1n) is 13.1. The van der Waals surface area contributed by atoms with Gasteiger partial charge in [0.1, 0.15) is 11.6 Å². The summed E-state index contributed by atoms with van der Waals surface area (Å²) in [6.45, 7) is 9.83. The van der Waals surface area contributed by atoms with E-state index >= 15 is 0 Å². The van der Waals surface area contributed by atoms with Crippen molar-refractivity contribution >= 4 is 22.8 Å². The van der Waals surface area contributed by atoms with Gasteiger partial charge in [0.05, 0.1) is 17.6 Å². The van der Waals surface area contributed by atoms with Gasteiger partial charge in [-0.2, -0.15) is 0 Å². The monoisotopic (exact) mass is 476 g/mol. The molecule has 1 atom stereocenters. The molecule has 0 bridgehead atoms. The van der Waals surface area contributed by atoms with Gasteiger partial charge in [-0.3, -0.25) is 4.90 Å². The van der Waals surface area contributed by atoms with E-state index in [9.17, 15) is 4.79 Å². The van der Waals surface area contributed by atoms with Crippen molar-refractivity contribution < 1.29 is 9.53 Å². The molecule has 0 aliphatic heterocycles. The summed E-state index contributed by atoms with van der Waals surface area (Å²) in [6, 6.07) is 14.6. The molecule has 35 heavy (non-hydrogen) atoms. The van der Waals surface area contributed by atoms with Crippen LogP contribution in [0.2, 0.25) is 0 Å². The molecule has 4 rings (SSSR count). The van der Waals surface area contributed by atoms with Crippen LogP contribution in [0.1, 0.15) is 77.1 Å². The van der Waals surface area contributed by atoms with E-state index in [0.717, 1.165) is 34.8 Å². The second-order valence-corrected chi connectivity index (χ2v) is 10.1. The molecule has 1 saturated carbocycles. The van der Waals surface area contributed by atoms with E-state index in [-0.39, 0.29) is 18.0 Å². The van der Waals surface area contributed by atoms with Gasteiger partial charge in [-0.25, -0.2) is 9.78 Å². The molecule has 0 radical (unpaired) electrons. The van der Waals surface area contributed by atoms with Crippen LogP contribution < -0.4 is 15.0 Å². The Kier molecular flexibility index (Phi) is 7.99. The van der Waals surface area contributed by atoms with Crippen LogP contribution in [-0.4, -0.2) is 35.3 Å². The molecule has 1 aliphatic carbocycles. The molecule has 1 unspecified atom stereocenters. The van der Waals surface area contributed by atoms with Crippen LogP contribution in [0.5, 0.6) is 5.75 Å². The van der Waals surface area contributed by atoms with Crippen LogP contribution in [0.4, 0.5) is 10.5 Å². The van der Waals surface area contributed by atoms with Crippen LogP contribution >= 0.6 is 0 Å². The van der Waals surface area contributed by atoms with Crippen LogP contribution in [-0.2, 0) is 6.54 Å². The fraction of sp³-hybridized carbons (Fsp3) is 0.517. The van der Waals surface area contributed by atoms with Gasteiger partial charge in [0.15, 0.2) is 0 Å². The van der Waals surface area contributed by atoms with E-state index in [4.69, 9.17) is 9.72 Å². The van der Waals surface area contributed by atoms with Gasteiger partial charge in [-0.05, 0) is 75.4 Å². The number of ether oxygens (including phenoxy) is 1. The second-order valence-electron chi connectivity index (χ2n) is 10.1. The first-order chi connectivity index (χ1) is 16.9. The minimum atomic E-state index is -0.107. The lowest BCUT2D eigenvalue weighted by atomic mass is 9.89. The number of aromatic nitrogens is 2. The van der Waals surface area contributed by atoms with Crippen LogP contribution in [0.3, 0.4) is 0 Å². The topological polar surface area (TPSA) is 59.4 Å². The third kappa shape index (κ3) is 5.80. The highest BCUT2D eigenvalue weighted by molar-refractivity contribution is 5.94. The minimum absolute atomic E-state index is 0.0879. The maximum absolute atomic E-state index is 12.6. The van der Waals surface area contributed by atoms with Gasteiger partial charge in [0, 0.05) is 31.2 Å². The zero-order valence-electron chi connectivity index (χ0n) is 21.9. The number of nitrogens with one attached hydrogen (secondary N) is 1. The molecule has 1 aliphatic rings. The predicted octanol–water partition coefficient (Wildman–Crippen LogP) is 6.72. The van der Waals surface area contributed by atoms with Crippen molar-refractivity contribution in [1.82, 2.24) is 14.9 Å². The van der Waals surface area contributed by atoms with Crippen molar-refractivity contribution in [2.24, 2.45) is 5.92 Å². The van der Waals surface area contributed by atoms with Gasteiger partial charge in [0.25, 0.3) is 0 Å². The normalized spacial score (nSPS) is 15.4. The summed E-state index contributed by atoms with van der Waals surface area (Å²) < 4.78 is 8.07. The Balaban J connectivity index is 1.70. The zero-order chi connectivity index (χ0) is 24.9. The summed E-state index contributed by atoms with van der Waals surface area (Å²) in [5, 5.41) is 2.96. The van der Waals surface area contributed by atoms with Crippen LogP contribution in [0, 0.1) is 5.92 Å². The largest absolute Gasteiger partial charge is 0.494 e. The lowest BCUT2D eigenvalue weighted by molar-refractivity contribution is 0.245. The third-order valence-electron chi connectivity index (χ3n) is 7.11. The number of carbonyl (C=O) groups excluding carboxylic acids is 1. The highest BCUT2D eigenvalue weighted by atomic mass is 16.5. The summed E-state index contributed by atoms with van der Waals surface area (Å²) in [5.41, 5.74) is 4.15. The molecule has 6 nitrogen and oxygen atoms in total. The first kappa shape index (κ1) is 25.1. The molecule has 1 aromatic heterocycles. The smallest absolute Gasteiger partial charge is 0.321 e. The Labute approximate surface area is 209 Å². The Morgan fingerprint density at radius 2 is 1.83 bits per heavy atom. The molecule has 6 heteroatoms. The van der Waals surface area contributed by atoms with Crippen LogP contribution in [0.15, 0.2) is 42.5 Å². The highest BCUT2D eigenvalue weighted by Gasteiger charge is 2.23. The van der Waals surface area contributed by atoms with Gasteiger partial charge < -0.3 is 14.6 Å². The average molecular weight is 477 g/mol. The fourth-order valence-electron chi connectivity index (χ4n) is 5.13. The van der Waals surface area contributed by atoms with Crippen molar-refractivity contribution in [3.8, 4) is 5.75 Å². The predicted molar refractivity (Wildman–Crippen MR) is 144 cm³/mol. The van der Waals surface area contributed by atoms with Crippen molar-refractivity contribution in [2.75, 3.05) is 18.6 Å². The number of amides is 2. The number of anilines is 1. The molecule has 188 valence electrons. The van der Waals surface area contributed by atoms with Gasteiger partial charge >= 0.3 is 6.03 Å². The maximum atomic E-state index is 12.6. The number of benzene rings is 2. The van der Waals surface area contributed by atoms with E-state index in [2.05, 4.69) is 35.0 Å². The van der Waals surface area contributed by atoms with Crippen LogP contribution in [0.25, 0.3) is 11.0 Å². The number of nitrogens with zero attached hydrogens (tertiary/aromatic N) is 3. The molecule has 2 aromatic carbocycles. The standard InChI is InChI=1S/C29H40N4O2/c1-6-35-25-15-12-23(13-16-25)21(4)28-31-26-18-24(32(5)29(34)30-20(2)3)14-17-27(26)33(28)19-22-10-8-7-9-11-22/h12-18,20-22H,6-11,19H2,1-5H3,(H,30,34). The number of hydrogen-bond donors (Lipinski definition) is 1. The quantitative estimate of drug-likeness (QED) is 0.392. The number of carbonyl (C=O) groups is 1. The van der Waals surface area contributed by atoms with E-state index in [0.29, 0.717) is 12.5 Å². The van der Waals surface area contributed by atoms with E-state index < -0.39 is 0 Å². The lowest BCUT2D eigenvalue weighted by Crippen LogP contribution is -2.40.